The fourth-order valence-corrected chi connectivity index (χ4v) is 1.93. The molecule has 0 spiro atoms. The third kappa shape index (κ3) is 2.39. The minimum Gasteiger partial charge on any atom is -0.481 e. The molecule has 0 aliphatic carbocycles. The van der Waals surface area contributed by atoms with E-state index in [1.165, 1.54) is 0 Å². The molecule has 0 aromatic rings. The molecule has 0 radical (unpaired) electrons. The number of aliphatic carboxylic acids is 1. The first-order chi connectivity index (χ1) is 8.00. The summed E-state index contributed by atoms with van der Waals surface area (Å²) in [6, 6.07) is 0. The molecular weight excluding hydrogens is 265 g/mol. The second-order valence-corrected chi connectivity index (χ2v) is 4.38. The zero-order valence-corrected chi connectivity index (χ0v) is 9.17. The van der Waals surface area contributed by atoms with Gasteiger partial charge < -0.3 is 10.0 Å². The Morgan fingerprint density at radius 2 is 1.89 bits per heavy atom. The van der Waals surface area contributed by atoms with Gasteiger partial charge in [-0.05, 0) is 0 Å². The topological polar surface area (TPSA) is 57.6 Å². The molecule has 1 fully saturated rings. The highest BCUT2D eigenvalue weighted by atomic mass is 19.4. The van der Waals surface area contributed by atoms with Crippen LogP contribution in [-0.4, -0.2) is 47.6 Å². The Balaban J connectivity index is 3.00. The number of amides is 1. The van der Waals surface area contributed by atoms with Crippen LogP contribution in [0.3, 0.4) is 0 Å². The zero-order chi connectivity index (χ0) is 14.3. The molecule has 1 amide bonds. The number of likely N-dealkylation sites (tertiary alicyclic amines) is 1. The van der Waals surface area contributed by atoms with Gasteiger partial charge in [-0.15, -0.1) is 0 Å². The minimum absolute atomic E-state index is 0.116. The van der Waals surface area contributed by atoms with Gasteiger partial charge in [-0.1, -0.05) is 6.92 Å². The number of alkyl halides is 5. The lowest BCUT2D eigenvalue weighted by Crippen LogP contribution is -2.41. The zero-order valence-electron chi connectivity index (χ0n) is 9.17. The summed E-state index contributed by atoms with van der Waals surface area (Å²) < 4.78 is 62.0. The van der Waals surface area contributed by atoms with Crippen LogP contribution in [-0.2, 0) is 9.59 Å². The molecule has 1 aliphatic heterocycles. The van der Waals surface area contributed by atoms with Gasteiger partial charge in [-0.3, -0.25) is 9.59 Å². The highest BCUT2D eigenvalue weighted by Gasteiger charge is 2.57. The number of hydrogen-bond acceptors (Lipinski definition) is 2. The third-order valence-corrected chi connectivity index (χ3v) is 3.06. The monoisotopic (exact) mass is 275 g/mol. The summed E-state index contributed by atoms with van der Waals surface area (Å²) in [4.78, 5) is 21.8. The molecule has 18 heavy (non-hydrogen) atoms. The smallest absolute Gasteiger partial charge is 0.471 e. The van der Waals surface area contributed by atoms with E-state index in [0.717, 1.165) is 6.92 Å². The first kappa shape index (κ1) is 14.7. The van der Waals surface area contributed by atoms with Gasteiger partial charge >= 0.3 is 18.1 Å². The molecule has 0 saturated carbocycles. The summed E-state index contributed by atoms with van der Waals surface area (Å²) in [5.74, 6) is -5.66. The molecule has 4 nitrogen and oxygen atoms in total. The molecule has 1 heterocycles. The quantitative estimate of drug-likeness (QED) is 0.774. The van der Waals surface area contributed by atoms with E-state index in [2.05, 4.69) is 0 Å². The van der Waals surface area contributed by atoms with Crippen LogP contribution in [0.25, 0.3) is 0 Å². The van der Waals surface area contributed by atoms with Crippen molar-refractivity contribution in [3.8, 4) is 0 Å². The third-order valence-electron chi connectivity index (χ3n) is 3.06. The van der Waals surface area contributed by atoms with Crippen LogP contribution in [0, 0.1) is 11.3 Å². The van der Waals surface area contributed by atoms with Crippen LogP contribution in [0.5, 0.6) is 0 Å². The average molecular weight is 275 g/mol. The van der Waals surface area contributed by atoms with E-state index >= 15 is 0 Å². The summed E-state index contributed by atoms with van der Waals surface area (Å²) in [7, 11) is 0. The summed E-state index contributed by atoms with van der Waals surface area (Å²) in [6.07, 6.45) is -8.33. The summed E-state index contributed by atoms with van der Waals surface area (Å²) >= 11 is 0. The maximum Gasteiger partial charge on any atom is 0.471 e. The van der Waals surface area contributed by atoms with E-state index in [4.69, 9.17) is 5.11 Å². The predicted octanol–water partition coefficient (Wildman–Crippen LogP) is 1.36. The summed E-state index contributed by atoms with van der Waals surface area (Å²) in [6.45, 7) is -0.936. The fraction of sp³-hybridized carbons (Fsp3) is 0.778. The maximum atomic E-state index is 12.8. The Morgan fingerprint density at radius 1 is 1.39 bits per heavy atom. The SMILES string of the molecule is CC1(C(F)F)CN(C(=O)C(F)(F)F)CC1C(=O)O. The molecule has 0 aromatic heterocycles. The second kappa shape index (κ2) is 4.36. The van der Waals surface area contributed by atoms with Crippen LogP contribution in [0.15, 0.2) is 0 Å². The Bertz CT molecular complexity index is 370. The van der Waals surface area contributed by atoms with Gasteiger partial charge in [-0.25, -0.2) is 8.78 Å². The largest absolute Gasteiger partial charge is 0.481 e. The number of carbonyl (C=O) groups is 2. The van der Waals surface area contributed by atoms with E-state index in [0.29, 0.717) is 0 Å². The lowest BCUT2D eigenvalue weighted by Gasteiger charge is -2.26. The van der Waals surface area contributed by atoms with E-state index in [1.54, 1.807) is 0 Å². The molecule has 9 heteroatoms. The van der Waals surface area contributed by atoms with Crippen molar-refractivity contribution in [2.24, 2.45) is 11.3 Å². The fourth-order valence-electron chi connectivity index (χ4n) is 1.93. The Hall–Kier alpha value is -1.41. The van der Waals surface area contributed by atoms with E-state index in [1.807, 2.05) is 0 Å². The standard InChI is InChI=1S/C9H10F5NO3/c1-8(6(10)11)3-15(2-4(8)5(16)17)7(18)9(12,13)14/h4,6H,2-3H2,1H3,(H,16,17). The van der Waals surface area contributed by atoms with Gasteiger partial charge in [0.2, 0.25) is 6.43 Å². The highest BCUT2D eigenvalue weighted by molar-refractivity contribution is 5.83. The normalized spacial score (nSPS) is 28.8. The van der Waals surface area contributed by atoms with Crippen LogP contribution >= 0.6 is 0 Å². The molecule has 104 valence electrons. The molecule has 1 N–H and O–H groups in total. The average Bonchev–Trinajstić information content (AvgIpc) is 2.55. The van der Waals surface area contributed by atoms with Crippen molar-refractivity contribution < 1.29 is 36.6 Å². The van der Waals surface area contributed by atoms with Crippen LogP contribution < -0.4 is 0 Å². The van der Waals surface area contributed by atoms with Crippen molar-refractivity contribution in [3.05, 3.63) is 0 Å². The lowest BCUT2D eigenvalue weighted by atomic mass is 9.80. The number of hydrogen-bond donors (Lipinski definition) is 1. The molecule has 2 atom stereocenters. The summed E-state index contributed by atoms with van der Waals surface area (Å²) in [5.41, 5.74) is -2.17. The first-order valence-corrected chi connectivity index (χ1v) is 4.87. The Kier molecular flexibility index (Phi) is 3.55. The van der Waals surface area contributed by atoms with Gasteiger partial charge in [0.15, 0.2) is 0 Å². The lowest BCUT2D eigenvalue weighted by molar-refractivity contribution is -0.185. The molecule has 0 bridgehead atoms. The number of nitrogens with zero attached hydrogens (tertiary/aromatic N) is 1. The molecular formula is C9H10F5NO3. The predicted molar refractivity (Wildman–Crippen MR) is 47.9 cm³/mol. The second-order valence-electron chi connectivity index (χ2n) is 4.38. The van der Waals surface area contributed by atoms with Crippen molar-refractivity contribution in [3.63, 3.8) is 0 Å². The number of carboxylic acid groups (broad SMARTS) is 1. The Labute approximate surface area is 98.4 Å². The van der Waals surface area contributed by atoms with Crippen molar-refractivity contribution >= 4 is 11.9 Å². The van der Waals surface area contributed by atoms with Crippen molar-refractivity contribution in [2.45, 2.75) is 19.5 Å². The Morgan fingerprint density at radius 3 is 2.17 bits per heavy atom. The molecule has 0 aromatic carbocycles. The molecule has 1 saturated heterocycles. The van der Waals surface area contributed by atoms with Gasteiger partial charge in [0.05, 0.1) is 11.3 Å². The summed E-state index contributed by atoms with van der Waals surface area (Å²) in [5, 5.41) is 8.75. The number of halogens is 5. The van der Waals surface area contributed by atoms with Gasteiger partial charge in [0.25, 0.3) is 0 Å². The number of carbonyl (C=O) groups excluding carboxylic acids is 1. The van der Waals surface area contributed by atoms with Gasteiger partial charge in [-0.2, -0.15) is 13.2 Å². The van der Waals surface area contributed by atoms with Gasteiger partial charge in [0, 0.05) is 13.1 Å². The number of carboxylic acids is 1. The number of rotatable bonds is 2. The molecule has 1 rings (SSSR count). The van der Waals surface area contributed by atoms with Crippen molar-refractivity contribution in [2.75, 3.05) is 13.1 Å². The maximum absolute atomic E-state index is 12.8. The van der Waals surface area contributed by atoms with E-state index < -0.39 is 48.9 Å². The van der Waals surface area contributed by atoms with E-state index in [-0.39, 0.29) is 4.90 Å². The first-order valence-electron chi connectivity index (χ1n) is 4.87. The molecule has 2 unspecified atom stereocenters. The minimum atomic E-state index is -5.20. The van der Waals surface area contributed by atoms with Crippen LogP contribution in [0.4, 0.5) is 22.0 Å². The van der Waals surface area contributed by atoms with E-state index in [9.17, 15) is 31.5 Å². The van der Waals surface area contributed by atoms with Crippen LogP contribution in [0.2, 0.25) is 0 Å². The van der Waals surface area contributed by atoms with Crippen LogP contribution in [0.1, 0.15) is 6.92 Å². The van der Waals surface area contributed by atoms with Crippen molar-refractivity contribution in [1.29, 1.82) is 0 Å². The highest BCUT2D eigenvalue weighted by Crippen LogP contribution is 2.42. The molecule has 1 aliphatic rings. The van der Waals surface area contributed by atoms with Crippen molar-refractivity contribution in [1.82, 2.24) is 4.90 Å². The van der Waals surface area contributed by atoms with Gasteiger partial charge in [0.1, 0.15) is 0 Å².